The summed E-state index contributed by atoms with van der Waals surface area (Å²) in [4.78, 5) is 7.92. The number of nitrogens with two attached hydrogens (primary N) is 1. The Kier molecular flexibility index (Phi) is 1.67. The fourth-order valence-electron chi connectivity index (χ4n) is 1.51. The van der Waals surface area contributed by atoms with Crippen molar-refractivity contribution >= 4 is 11.3 Å². The first-order valence-corrected chi connectivity index (χ1v) is 4.53. The predicted molar refractivity (Wildman–Crippen MR) is 45.4 cm³/mol. The van der Waals surface area contributed by atoms with E-state index in [0.717, 1.165) is 6.54 Å². The molecule has 2 N–H and O–H groups in total. The largest absolute Gasteiger partial charge is 0.329 e. The van der Waals surface area contributed by atoms with E-state index in [1.807, 2.05) is 5.51 Å². The maximum atomic E-state index is 5.62. The summed E-state index contributed by atoms with van der Waals surface area (Å²) in [5.41, 5.74) is 8.72. The Morgan fingerprint density at radius 2 is 2.73 bits per heavy atom. The van der Waals surface area contributed by atoms with Gasteiger partial charge in [-0.2, -0.15) is 0 Å². The van der Waals surface area contributed by atoms with E-state index in [2.05, 4.69) is 16.9 Å². The molecule has 2 heterocycles. The van der Waals surface area contributed by atoms with Crippen LogP contribution in [0.15, 0.2) is 5.51 Å². The summed E-state index contributed by atoms with van der Waals surface area (Å²) in [5.74, 6) is 0. The van der Waals surface area contributed by atoms with Gasteiger partial charge in [0.2, 0.25) is 0 Å². The maximum absolute atomic E-state index is 5.62. The molecule has 1 atom stereocenters. The molecular formula is C7H11N3S. The Labute approximate surface area is 69.8 Å². The zero-order valence-electron chi connectivity index (χ0n) is 6.45. The number of likely N-dealkylation sites (N-methyl/N-ethyl adjacent to an activating group) is 1. The van der Waals surface area contributed by atoms with Crippen LogP contribution in [0.25, 0.3) is 0 Å². The zero-order chi connectivity index (χ0) is 7.84. The van der Waals surface area contributed by atoms with Crippen LogP contribution in [0.4, 0.5) is 0 Å². The van der Waals surface area contributed by atoms with Crippen molar-refractivity contribution < 1.29 is 0 Å². The lowest BCUT2D eigenvalue weighted by molar-refractivity contribution is 0.272. The normalized spacial score (nSPS) is 24.0. The molecule has 0 bridgehead atoms. The van der Waals surface area contributed by atoms with E-state index >= 15 is 0 Å². The van der Waals surface area contributed by atoms with Crippen molar-refractivity contribution in [2.45, 2.75) is 12.6 Å². The Balaban J connectivity index is 2.35. The van der Waals surface area contributed by atoms with Crippen molar-refractivity contribution in [3.63, 3.8) is 0 Å². The first kappa shape index (κ1) is 7.21. The third kappa shape index (κ3) is 0.982. The fraction of sp³-hybridized carbons (Fsp3) is 0.571. The van der Waals surface area contributed by atoms with Gasteiger partial charge in [0.25, 0.3) is 0 Å². The lowest BCUT2D eigenvalue weighted by atomic mass is 10.2. The molecule has 0 spiro atoms. The van der Waals surface area contributed by atoms with Gasteiger partial charge in [-0.3, -0.25) is 4.90 Å². The van der Waals surface area contributed by atoms with Gasteiger partial charge in [-0.1, -0.05) is 0 Å². The summed E-state index contributed by atoms with van der Waals surface area (Å²) in [6.07, 6.45) is 0. The summed E-state index contributed by atoms with van der Waals surface area (Å²) in [6.45, 7) is 1.69. The quantitative estimate of drug-likeness (QED) is 0.669. The third-order valence-electron chi connectivity index (χ3n) is 2.14. The van der Waals surface area contributed by atoms with Crippen LogP contribution in [0.3, 0.4) is 0 Å². The van der Waals surface area contributed by atoms with Gasteiger partial charge < -0.3 is 5.73 Å². The van der Waals surface area contributed by atoms with Crippen LogP contribution in [0, 0.1) is 0 Å². The molecule has 0 saturated carbocycles. The van der Waals surface area contributed by atoms with Gasteiger partial charge in [-0.15, -0.1) is 11.3 Å². The van der Waals surface area contributed by atoms with E-state index in [1.165, 1.54) is 10.6 Å². The number of thiazole rings is 1. The average molecular weight is 169 g/mol. The molecule has 2 rings (SSSR count). The predicted octanol–water partition coefficient (Wildman–Crippen LogP) is 0.588. The lowest BCUT2D eigenvalue weighted by Gasteiger charge is -2.16. The van der Waals surface area contributed by atoms with Crippen molar-refractivity contribution in [1.82, 2.24) is 9.88 Å². The van der Waals surface area contributed by atoms with Crippen molar-refractivity contribution in [2.75, 3.05) is 13.6 Å². The highest BCUT2D eigenvalue weighted by atomic mass is 32.1. The Morgan fingerprint density at radius 1 is 1.91 bits per heavy atom. The Hall–Kier alpha value is -0.450. The van der Waals surface area contributed by atoms with Crippen molar-refractivity contribution in [3.8, 4) is 0 Å². The molecule has 4 heteroatoms. The highest BCUT2D eigenvalue weighted by Crippen LogP contribution is 2.32. The van der Waals surface area contributed by atoms with Gasteiger partial charge in [0.05, 0.1) is 17.2 Å². The SMILES string of the molecule is CN1Cc2scnc2C1CN. The third-order valence-corrected chi connectivity index (χ3v) is 2.97. The molecule has 0 saturated heterocycles. The molecule has 60 valence electrons. The van der Waals surface area contributed by atoms with E-state index in [9.17, 15) is 0 Å². The van der Waals surface area contributed by atoms with E-state index in [0.29, 0.717) is 12.6 Å². The van der Waals surface area contributed by atoms with Crippen LogP contribution >= 0.6 is 11.3 Å². The summed E-state index contributed by atoms with van der Waals surface area (Å²) >= 11 is 1.73. The summed E-state index contributed by atoms with van der Waals surface area (Å²) in [6, 6.07) is 0.358. The summed E-state index contributed by atoms with van der Waals surface area (Å²) in [5, 5.41) is 0. The minimum Gasteiger partial charge on any atom is -0.329 e. The Morgan fingerprint density at radius 3 is 3.45 bits per heavy atom. The molecule has 0 amide bonds. The molecule has 3 nitrogen and oxygen atoms in total. The second kappa shape index (κ2) is 2.55. The zero-order valence-corrected chi connectivity index (χ0v) is 7.27. The molecule has 0 aromatic carbocycles. The monoisotopic (exact) mass is 169 g/mol. The number of fused-ring (bicyclic) bond motifs is 1. The van der Waals surface area contributed by atoms with Crippen molar-refractivity contribution in [3.05, 3.63) is 16.1 Å². The lowest BCUT2D eigenvalue weighted by Crippen LogP contribution is -2.24. The fourth-order valence-corrected chi connectivity index (χ4v) is 2.39. The second-order valence-corrected chi connectivity index (χ2v) is 3.77. The van der Waals surface area contributed by atoms with Gasteiger partial charge in [0.15, 0.2) is 0 Å². The van der Waals surface area contributed by atoms with Gasteiger partial charge in [0.1, 0.15) is 0 Å². The van der Waals surface area contributed by atoms with Gasteiger partial charge in [-0.25, -0.2) is 4.98 Å². The van der Waals surface area contributed by atoms with E-state index in [4.69, 9.17) is 5.73 Å². The van der Waals surface area contributed by atoms with Gasteiger partial charge in [-0.05, 0) is 7.05 Å². The molecule has 1 aliphatic rings. The average Bonchev–Trinajstić information content (AvgIpc) is 2.46. The molecule has 0 fully saturated rings. The number of hydrogen-bond donors (Lipinski definition) is 1. The molecule has 1 unspecified atom stereocenters. The molecular weight excluding hydrogens is 158 g/mol. The van der Waals surface area contributed by atoms with Crippen molar-refractivity contribution in [1.29, 1.82) is 0 Å². The van der Waals surface area contributed by atoms with Crippen LogP contribution < -0.4 is 5.73 Å². The standard InChI is InChI=1S/C7H11N3S/c1-10-3-6-7(5(10)2-8)9-4-11-6/h4-5H,2-3,8H2,1H3. The minimum absolute atomic E-state index is 0.358. The summed E-state index contributed by atoms with van der Waals surface area (Å²) < 4.78 is 0. The molecule has 0 aliphatic carbocycles. The number of aromatic nitrogens is 1. The maximum Gasteiger partial charge on any atom is 0.0798 e. The number of rotatable bonds is 1. The number of hydrogen-bond acceptors (Lipinski definition) is 4. The van der Waals surface area contributed by atoms with E-state index < -0.39 is 0 Å². The van der Waals surface area contributed by atoms with E-state index in [1.54, 1.807) is 11.3 Å². The first-order chi connectivity index (χ1) is 5.33. The van der Waals surface area contributed by atoms with Gasteiger partial charge >= 0.3 is 0 Å². The molecule has 11 heavy (non-hydrogen) atoms. The molecule has 1 aromatic rings. The van der Waals surface area contributed by atoms with Crippen molar-refractivity contribution in [2.24, 2.45) is 5.73 Å². The Bertz CT molecular complexity index is 258. The first-order valence-electron chi connectivity index (χ1n) is 3.65. The molecule has 0 radical (unpaired) electrons. The van der Waals surface area contributed by atoms with Crippen LogP contribution in [-0.4, -0.2) is 23.5 Å². The molecule has 1 aromatic heterocycles. The smallest absolute Gasteiger partial charge is 0.0798 e. The topological polar surface area (TPSA) is 42.2 Å². The highest BCUT2D eigenvalue weighted by molar-refractivity contribution is 7.09. The van der Waals surface area contributed by atoms with Crippen LogP contribution in [0.5, 0.6) is 0 Å². The van der Waals surface area contributed by atoms with Gasteiger partial charge in [0, 0.05) is 18.0 Å². The van der Waals surface area contributed by atoms with Crippen LogP contribution in [0.1, 0.15) is 16.6 Å². The van der Waals surface area contributed by atoms with E-state index in [-0.39, 0.29) is 0 Å². The number of nitrogens with zero attached hydrogens (tertiary/aromatic N) is 2. The summed E-state index contributed by atoms with van der Waals surface area (Å²) in [7, 11) is 2.09. The highest BCUT2D eigenvalue weighted by Gasteiger charge is 2.28. The molecule has 1 aliphatic heterocycles. The van der Waals surface area contributed by atoms with Crippen LogP contribution in [0.2, 0.25) is 0 Å². The minimum atomic E-state index is 0.358. The van der Waals surface area contributed by atoms with Crippen LogP contribution in [-0.2, 0) is 6.54 Å². The second-order valence-electron chi connectivity index (χ2n) is 2.83.